The molecule has 0 aromatic carbocycles. The minimum absolute atomic E-state index is 1.25. The van der Waals surface area contributed by atoms with Crippen LogP contribution in [0.4, 0.5) is 0 Å². The Hall–Kier alpha value is -0.300. The molecule has 1 aliphatic heterocycles. The topological polar surface area (TPSA) is 3.24 Å². The van der Waals surface area contributed by atoms with Crippen molar-refractivity contribution in [3.05, 3.63) is 11.1 Å². The van der Waals surface area contributed by atoms with Gasteiger partial charge in [0.25, 0.3) is 0 Å². The third-order valence-electron chi connectivity index (χ3n) is 2.30. The number of piperidine rings is 1. The summed E-state index contributed by atoms with van der Waals surface area (Å²) in [7, 11) is 3.45. The van der Waals surface area contributed by atoms with E-state index in [1.165, 1.54) is 38.9 Å². The van der Waals surface area contributed by atoms with Crippen LogP contribution in [-0.2, 0) is 0 Å². The molecule has 0 radical (unpaired) electrons. The zero-order valence-electron chi connectivity index (χ0n) is 11.3. The van der Waals surface area contributed by atoms with Gasteiger partial charge in [0.2, 0.25) is 0 Å². The van der Waals surface area contributed by atoms with Crippen LogP contribution in [0.2, 0.25) is 0 Å². The van der Waals surface area contributed by atoms with Crippen LogP contribution in [0.3, 0.4) is 0 Å². The van der Waals surface area contributed by atoms with Crippen LogP contribution in [0, 0.1) is 0 Å². The molecule has 1 heteroatoms. The lowest BCUT2D eigenvalue weighted by atomic mass is 10.0. The Morgan fingerprint density at radius 3 is 1.92 bits per heavy atom. The first kappa shape index (κ1) is 12.7. The molecule has 1 heterocycles. The quantitative estimate of drug-likeness (QED) is 0.521. The first-order valence-corrected chi connectivity index (χ1v) is 5.04. The van der Waals surface area contributed by atoms with Gasteiger partial charge in [0.15, 0.2) is 0 Å². The maximum Gasteiger partial charge on any atom is 0.0194 e. The summed E-state index contributed by atoms with van der Waals surface area (Å²) in [6.07, 6.45) is 2.58. The molecule has 0 N–H and O–H groups in total. The van der Waals surface area contributed by atoms with E-state index in [4.69, 9.17) is 1.37 Å². The number of nitrogens with zero attached hydrogens (tertiary/aromatic N) is 1. The van der Waals surface area contributed by atoms with Crippen LogP contribution < -0.4 is 0 Å². The fraction of sp³-hybridized carbons (Fsp3) is 0.833. The third-order valence-corrected chi connectivity index (χ3v) is 2.30. The fourth-order valence-electron chi connectivity index (χ4n) is 1.39. The van der Waals surface area contributed by atoms with Crippen molar-refractivity contribution in [2.45, 2.75) is 47.9 Å². The SMILES string of the molecule is CC.CC(C)=C1CCN(C)CC1.[2H]C. The molecule has 0 atom stereocenters. The maximum atomic E-state index is 5.75. The van der Waals surface area contributed by atoms with Crippen molar-refractivity contribution in [3.8, 4) is 0 Å². The number of hydrogen-bond acceptors (Lipinski definition) is 1. The lowest BCUT2D eigenvalue weighted by Gasteiger charge is -2.24. The Kier molecular flexibility index (Phi) is 8.11. The Labute approximate surface area is 86.2 Å². The first-order valence-electron chi connectivity index (χ1n) is 6.04. The van der Waals surface area contributed by atoms with Crippen molar-refractivity contribution in [3.63, 3.8) is 0 Å². The van der Waals surface area contributed by atoms with E-state index in [2.05, 4.69) is 25.8 Å². The number of allylic oxidation sites excluding steroid dienone is 1. The molecule has 80 valence electrons. The predicted octanol–water partition coefficient (Wildman–Crippen LogP) is 3.71. The average molecular weight is 186 g/mol. The first-order chi connectivity index (χ1) is 6.70. The van der Waals surface area contributed by atoms with E-state index in [0.717, 1.165) is 0 Å². The van der Waals surface area contributed by atoms with Crippen LogP contribution in [-0.4, -0.2) is 25.0 Å². The summed E-state index contributed by atoms with van der Waals surface area (Å²) < 4.78 is 5.75. The van der Waals surface area contributed by atoms with Crippen molar-refractivity contribution < 1.29 is 1.37 Å². The molecule has 1 saturated heterocycles. The summed E-state index contributed by atoms with van der Waals surface area (Å²) >= 11 is 0. The standard InChI is InChI=1S/C9H17N.C2H6.CH4/c1-8(2)9-4-6-10(3)7-5-9;1-2;/h4-7H2,1-3H3;1-2H3;1H4/i;;1D. The molecule has 1 rings (SSSR count). The molecule has 0 saturated carbocycles. The minimum atomic E-state index is 1.25. The van der Waals surface area contributed by atoms with Gasteiger partial charge >= 0.3 is 0 Å². The van der Waals surface area contributed by atoms with Crippen LogP contribution in [0.5, 0.6) is 0 Å². The van der Waals surface area contributed by atoms with Gasteiger partial charge in [-0.15, -0.1) is 0 Å². The number of hydrogen-bond donors (Lipinski definition) is 0. The lowest BCUT2D eigenvalue weighted by Crippen LogP contribution is -2.26. The highest BCUT2D eigenvalue weighted by molar-refractivity contribution is 5.12. The Balaban J connectivity index is 0. The van der Waals surface area contributed by atoms with Crippen LogP contribution in [0.25, 0.3) is 0 Å². The molecule has 0 aliphatic carbocycles. The zero-order valence-corrected chi connectivity index (χ0v) is 10.3. The van der Waals surface area contributed by atoms with E-state index in [0.29, 0.717) is 0 Å². The highest BCUT2D eigenvalue weighted by atomic mass is 15.1. The van der Waals surface area contributed by atoms with Gasteiger partial charge in [-0.05, 0) is 33.7 Å². The highest BCUT2D eigenvalue weighted by Gasteiger charge is 2.09. The highest BCUT2D eigenvalue weighted by Crippen LogP contribution is 2.17. The summed E-state index contributed by atoms with van der Waals surface area (Å²) in [5.41, 5.74) is 3.21. The molecule has 0 spiro atoms. The van der Waals surface area contributed by atoms with E-state index < -0.39 is 0 Å². The molecule has 1 fully saturated rings. The molecule has 1 nitrogen and oxygen atoms in total. The molecule has 0 aromatic rings. The molecule has 0 aromatic heterocycles. The van der Waals surface area contributed by atoms with Crippen molar-refractivity contribution in [1.82, 2.24) is 4.90 Å². The van der Waals surface area contributed by atoms with Gasteiger partial charge in [-0.1, -0.05) is 32.4 Å². The molecule has 0 amide bonds. The molecule has 1 aliphatic rings. The van der Waals surface area contributed by atoms with Crippen molar-refractivity contribution >= 4 is 0 Å². The second-order valence-electron chi connectivity index (χ2n) is 3.41. The van der Waals surface area contributed by atoms with Crippen LogP contribution >= 0.6 is 0 Å². The second kappa shape index (κ2) is 8.31. The van der Waals surface area contributed by atoms with E-state index in [9.17, 15) is 0 Å². The summed E-state index contributed by atoms with van der Waals surface area (Å²) in [5, 5.41) is 0. The van der Waals surface area contributed by atoms with Gasteiger partial charge in [0.05, 0.1) is 0 Å². The van der Waals surface area contributed by atoms with E-state index in [1.807, 2.05) is 13.8 Å². The molecule has 0 bridgehead atoms. The van der Waals surface area contributed by atoms with E-state index in [1.54, 1.807) is 5.57 Å². The summed E-state index contributed by atoms with van der Waals surface area (Å²) in [6.45, 7) is 10.9. The van der Waals surface area contributed by atoms with Gasteiger partial charge in [-0.25, -0.2) is 0 Å². The van der Waals surface area contributed by atoms with Crippen LogP contribution in [0.1, 0.15) is 49.3 Å². The summed E-state index contributed by atoms with van der Waals surface area (Å²) in [5.74, 6) is 0. The molecular weight excluding hydrogens is 158 g/mol. The van der Waals surface area contributed by atoms with Crippen LogP contribution in [0.15, 0.2) is 11.1 Å². The summed E-state index contributed by atoms with van der Waals surface area (Å²) in [6, 6.07) is 0. The van der Waals surface area contributed by atoms with Crippen molar-refractivity contribution in [2.75, 3.05) is 20.1 Å². The Bertz CT molecular complexity index is 138. The summed E-state index contributed by atoms with van der Waals surface area (Å²) in [4.78, 5) is 2.40. The largest absolute Gasteiger partial charge is 0.306 e. The molecule has 0 unspecified atom stereocenters. The molecular formula is C12H27N. The molecule has 13 heavy (non-hydrogen) atoms. The predicted molar refractivity (Wildman–Crippen MR) is 63.2 cm³/mol. The van der Waals surface area contributed by atoms with Crippen molar-refractivity contribution in [2.24, 2.45) is 0 Å². The van der Waals surface area contributed by atoms with E-state index >= 15 is 0 Å². The van der Waals surface area contributed by atoms with Gasteiger partial charge in [-0.2, -0.15) is 0 Å². The van der Waals surface area contributed by atoms with Gasteiger partial charge in [-0.3, -0.25) is 0 Å². The average Bonchev–Trinajstić information content (AvgIpc) is 2.24. The van der Waals surface area contributed by atoms with Gasteiger partial charge in [0.1, 0.15) is 0 Å². The third kappa shape index (κ3) is 5.87. The van der Waals surface area contributed by atoms with Gasteiger partial charge < -0.3 is 4.90 Å². The smallest absolute Gasteiger partial charge is 0.0194 e. The zero-order chi connectivity index (χ0) is 11.6. The minimum Gasteiger partial charge on any atom is -0.306 e. The fourth-order valence-corrected chi connectivity index (χ4v) is 1.39. The van der Waals surface area contributed by atoms with Crippen molar-refractivity contribution in [1.29, 1.82) is 0 Å². The Morgan fingerprint density at radius 2 is 1.62 bits per heavy atom. The lowest BCUT2D eigenvalue weighted by molar-refractivity contribution is 0.311. The second-order valence-corrected chi connectivity index (χ2v) is 3.41. The van der Waals surface area contributed by atoms with E-state index in [-0.39, 0.29) is 0 Å². The monoisotopic (exact) mass is 186 g/mol. The van der Waals surface area contributed by atoms with Gasteiger partial charge in [0, 0.05) is 14.5 Å². The maximum absolute atomic E-state index is 5.75. The number of rotatable bonds is 0. The Morgan fingerprint density at radius 1 is 1.23 bits per heavy atom. The normalized spacial score (nSPS) is 17.4. The number of likely N-dealkylation sites (tertiary alicyclic amines) is 1.